The van der Waals surface area contributed by atoms with Gasteiger partial charge < -0.3 is 14.8 Å². The van der Waals surface area contributed by atoms with Crippen LogP contribution >= 0.6 is 0 Å². The molecule has 1 aliphatic heterocycles. The summed E-state index contributed by atoms with van der Waals surface area (Å²) in [5.74, 6) is 0.337. The average Bonchev–Trinajstić information content (AvgIpc) is 3.23. The predicted molar refractivity (Wildman–Crippen MR) is 66.0 cm³/mol. The monoisotopic (exact) mass is 235 g/mol. The Balaban J connectivity index is 0.000000415. The lowest BCUT2D eigenvalue weighted by Crippen LogP contribution is -2.09. The molecule has 4 heteroatoms. The number of hydrogen-bond acceptors (Lipinski definition) is 4. The first-order valence-electron chi connectivity index (χ1n) is 5.50. The normalized spacial score (nSPS) is 11.8. The van der Waals surface area contributed by atoms with E-state index in [1.165, 1.54) is 13.1 Å². The second kappa shape index (κ2) is 8.35. The molecule has 17 heavy (non-hydrogen) atoms. The highest BCUT2D eigenvalue weighted by atomic mass is 16.6. The molecule has 4 nitrogen and oxygen atoms in total. The van der Waals surface area contributed by atoms with Gasteiger partial charge in [0.2, 0.25) is 0 Å². The van der Waals surface area contributed by atoms with Crippen LogP contribution in [0.15, 0.2) is 43.0 Å². The zero-order valence-corrected chi connectivity index (χ0v) is 9.72. The number of benzene rings is 1. The number of carbonyl (C=O) groups is 1. The van der Waals surface area contributed by atoms with Crippen LogP contribution in [0.1, 0.15) is 0 Å². The van der Waals surface area contributed by atoms with Gasteiger partial charge in [0, 0.05) is 19.2 Å². The van der Waals surface area contributed by atoms with E-state index in [9.17, 15) is 4.79 Å². The van der Waals surface area contributed by atoms with Crippen molar-refractivity contribution < 1.29 is 14.3 Å². The van der Waals surface area contributed by atoms with Gasteiger partial charge in [0.05, 0.1) is 0 Å². The average molecular weight is 235 g/mol. The van der Waals surface area contributed by atoms with E-state index >= 15 is 0 Å². The number of esters is 1. The molecule has 1 heterocycles. The second-order valence-electron chi connectivity index (χ2n) is 3.28. The molecule has 0 spiro atoms. The van der Waals surface area contributed by atoms with Crippen LogP contribution in [0.2, 0.25) is 0 Å². The Morgan fingerprint density at radius 3 is 2.47 bits per heavy atom. The highest BCUT2D eigenvalue weighted by Crippen LogP contribution is 2.07. The largest absolute Gasteiger partial charge is 0.490 e. The third kappa shape index (κ3) is 8.04. The van der Waals surface area contributed by atoms with Gasteiger partial charge in [0.25, 0.3) is 0 Å². The van der Waals surface area contributed by atoms with Crippen LogP contribution in [0, 0.1) is 0 Å². The molecule has 0 bridgehead atoms. The number of rotatable bonds is 5. The summed E-state index contributed by atoms with van der Waals surface area (Å²) in [4.78, 5) is 10.6. The standard InChI is InChI=1S/C11H12O3.C2H5N/c1-2-11(12)14-9-8-13-10-6-4-3-5-7-10;1-2-3-1/h2-7H,1,8-9H2;3H,1-2H2. The van der Waals surface area contributed by atoms with Crippen molar-refractivity contribution in [3.63, 3.8) is 0 Å². The summed E-state index contributed by atoms with van der Waals surface area (Å²) >= 11 is 0. The van der Waals surface area contributed by atoms with Crippen LogP contribution in [0.4, 0.5) is 0 Å². The Hall–Kier alpha value is -1.81. The lowest BCUT2D eigenvalue weighted by atomic mass is 10.3. The minimum absolute atomic E-state index is 0.236. The fraction of sp³-hybridized carbons (Fsp3) is 0.308. The molecule has 1 aromatic carbocycles. The molecule has 2 rings (SSSR count). The fourth-order valence-electron chi connectivity index (χ4n) is 0.877. The third-order valence-corrected chi connectivity index (χ3v) is 1.76. The van der Waals surface area contributed by atoms with E-state index in [0.29, 0.717) is 6.61 Å². The van der Waals surface area contributed by atoms with Crippen LogP contribution < -0.4 is 10.1 Å². The molecule has 1 saturated heterocycles. The van der Waals surface area contributed by atoms with E-state index in [1.807, 2.05) is 30.3 Å². The van der Waals surface area contributed by atoms with Gasteiger partial charge in [-0.05, 0) is 12.1 Å². The molecule has 0 radical (unpaired) electrons. The smallest absolute Gasteiger partial charge is 0.330 e. The molecule has 0 amide bonds. The summed E-state index contributed by atoms with van der Waals surface area (Å²) < 4.78 is 10.0. The Kier molecular flexibility index (Phi) is 6.51. The van der Waals surface area contributed by atoms with Gasteiger partial charge in [-0.2, -0.15) is 0 Å². The third-order valence-electron chi connectivity index (χ3n) is 1.76. The van der Waals surface area contributed by atoms with Crippen molar-refractivity contribution in [2.24, 2.45) is 0 Å². The molecule has 0 unspecified atom stereocenters. The topological polar surface area (TPSA) is 57.5 Å². The maximum atomic E-state index is 10.6. The Labute approximate surface area is 101 Å². The van der Waals surface area contributed by atoms with Gasteiger partial charge in [-0.15, -0.1) is 0 Å². The second-order valence-corrected chi connectivity index (χ2v) is 3.28. The van der Waals surface area contributed by atoms with Crippen molar-refractivity contribution >= 4 is 5.97 Å². The van der Waals surface area contributed by atoms with Crippen LogP contribution in [0.25, 0.3) is 0 Å². The molecule has 1 aliphatic rings. The molecule has 1 aromatic rings. The van der Waals surface area contributed by atoms with E-state index in [1.54, 1.807) is 0 Å². The van der Waals surface area contributed by atoms with Gasteiger partial charge >= 0.3 is 5.97 Å². The lowest BCUT2D eigenvalue weighted by molar-refractivity contribution is -0.138. The van der Waals surface area contributed by atoms with Crippen LogP contribution in [0.3, 0.4) is 0 Å². The van der Waals surface area contributed by atoms with E-state index in [-0.39, 0.29) is 6.61 Å². The summed E-state index contributed by atoms with van der Waals surface area (Å²) in [6, 6.07) is 9.35. The van der Waals surface area contributed by atoms with E-state index in [4.69, 9.17) is 9.47 Å². The summed E-state index contributed by atoms with van der Waals surface area (Å²) in [5, 5.41) is 3.00. The zero-order valence-electron chi connectivity index (χ0n) is 9.72. The van der Waals surface area contributed by atoms with Crippen molar-refractivity contribution in [3.8, 4) is 5.75 Å². The number of para-hydroxylation sites is 1. The molecule has 1 fully saturated rings. The summed E-state index contributed by atoms with van der Waals surface area (Å²) in [5.41, 5.74) is 0. The highest BCUT2D eigenvalue weighted by Gasteiger charge is 1.95. The Bertz CT molecular complexity index is 333. The number of hydrogen-bond donors (Lipinski definition) is 1. The van der Waals surface area contributed by atoms with Gasteiger partial charge in [-0.3, -0.25) is 0 Å². The first kappa shape index (κ1) is 13.3. The summed E-state index contributed by atoms with van der Waals surface area (Å²) in [6.07, 6.45) is 1.13. The van der Waals surface area contributed by atoms with Gasteiger partial charge in [-0.25, -0.2) is 4.79 Å². The molecular formula is C13H17NO3. The lowest BCUT2D eigenvalue weighted by Gasteiger charge is -2.05. The number of ether oxygens (including phenoxy) is 2. The van der Waals surface area contributed by atoms with Crippen molar-refractivity contribution in [2.45, 2.75) is 0 Å². The maximum Gasteiger partial charge on any atom is 0.330 e. The minimum atomic E-state index is -0.429. The molecule has 1 N–H and O–H groups in total. The SMILES string of the molecule is C1CN1.C=CC(=O)OCCOc1ccccc1. The molecule has 0 aliphatic carbocycles. The van der Waals surface area contributed by atoms with Crippen LogP contribution in [-0.2, 0) is 9.53 Å². The minimum Gasteiger partial charge on any atom is -0.490 e. The van der Waals surface area contributed by atoms with E-state index in [0.717, 1.165) is 11.8 Å². The fourth-order valence-corrected chi connectivity index (χ4v) is 0.877. The first-order valence-corrected chi connectivity index (χ1v) is 5.50. The quantitative estimate of drug-likeness (QED) is 0.362. The van der Waals surface area contributed by atoms with Gasteiger partial charge in [0.1, 0.15) is 19.0 Å². The summed E-state index contributed by atoms with van der Waals surface area (Å²) in [6.45, 7) is 6.37. The maximum absolute atomic E-state index is 10.6. The molecule has 0 aromatic heterocycles. The molecular weight excluding hydrogens is 218 g/mol. The first-order chi connectivity index (χ1) is 8.33. The Morgan fingerprint density at radius 2 is 1.94 bits per heavy atom. The summed E-state index contributed by atoms with van der Waals surface area (Å²) in [7, 11) is 0. The van der Waals surface area contributed by atoms with Crippen molar-refractivity contribution in [3.05, 3.63) is 43.0 Å². The zero-order chi connectivity index (χ0) is 12.3. The molecule has 92 valence electrons. The Morgan fingerprint density at radius 1 is 1.29 bits per heavy atom. The van der Waals surface area contributed by atoms with Crippen molar-refractivity contribution in [1.29, 1.82) is 0 Å². The molecule has 0 saturated carbocycles. The van der Waals surface area contributed by atoms with Crippen molar-refractivity contribution in [2.75, 3.05) is 26.3 Å². The molecule has 0 atom stereocenters. The van der Waals surface area contributed by atoms with E-state index in [2.05, 4.69) is 11.9 Å². The van der Waals surface area contributed by atoms with E-state index < -0.39 is 5.97 Å². The highest BCUT2D eigenvalue weighted by molar-refractivity contribution is 5.81. The van der Waals surface area contributed by atoms with Crippen LogP contribution in [0.5, 0.6) is 5.75 Å². The number of nitrogens with one attached hydrogen (secondary N) is 1. The van der Waals surface area contributed by atoms with Crippen molar-refractivity contribution in [1.82, 2.24) is 5.32 Å². The number of carbonyl (C=O) groups excluding carboxylic acids is 1. The van der Waals surface area contributed by atoms with Gasteiger partial charge in [0.15, 0.2) is 0 Å². The predicted octanol–water partition coefficient (Wildman–Crippen LogP) is 1.38. The van der Waals surface area contributed by atoms with Crippen LogP contribution in [-0.4, -0.2) is 32.3 Å². The van der Waals surface area contributed by atoms with Gasteiger partial charge in [-0.1, -0.05) is 24.8 Å².